The highest BCUT2D eigenvalue weighted by Gasteiger charge is 2.14. The molecule has 0 spiro atoms. The number of rotatable bonds is 5. The molecule has 0 aliphatic heterocycles. The molecule has 2 aromatic heterocycles. The van der Waals surface area contributed by atoms with Crippen LogP contribution in [0.25, 0.3) is 22.6 Å². The van der Waals surface area contributed by atoms with E-state index in [-0.39, 0.29) is 0 Å². The minimum Gasteiger partial charge on any atom is -0.497 e. The molecule has 0 atom stereocenters. The van der Waals surface area contributed by atoms with Gasteiger partial charge in [-0.3, -0.25) is 4.98 Å². The predicted molar refractivity (Wildman–Crippen MR) is 102 cm³/mol. The van der Waals surface area contributed by atoms with Gasteiger partial charge in [0.15, 0.2) is 5.82 Å². The third-order valence-corrected chi connectivity index (χ3v) is 4.30. The maximum Gasteiger partial charge on any atom is 0.160 e. The van der Waals surface area contributed by atoms with Crippen molar-refractivity contribution in [2.75, 3.05) is 14.2 Å². The molecule has 0 aliphatic rings. The molecule has 0 unspecified atom stereocenters. The van der Waals surface area contributed by atoms with E-state index in [1.165, 1.54) is 0 Å². The summed E-state index contributed by atoms with van der Waals surface area (Å²) in [5.74, 6) is 2.37. The van der Waals surface area contributed by atoms with E-state index in [4.69, 9.17) is 14.5 Å². The first-order chi connectivity index (χ1) is 12.8. The Kier molecular flexibility index (Phi) is 4.27. The zero-order valence-corrected chi connectivity index (χ0v) is 14.7. The summed E-state index contributed by atoms with van der Waals surface area (Å²) in [5, 5.41) is 0. The van der Waals surface area contributed by atoms with Gasteiger partial charge in [-0.2, -0.15) is 0 Å². The maximum absolute atomic E-state index is 5.40. The molecule has 2 heterocycles. The second-order valence-electron chi connectivity index (χ2n) is 5.95. The van der Waals surface area contributed by atoms with E-state index in [1.807, 2.05) is 54.6 Å². The SMILES string of the molecule is COc1cc(Cn2c(-c3ccccn3)nc3ccccc32)cc(OC)c1. The molecular formula is C21H19N3O2. The molecule has 0 radical (unpaired) electrons. The van der Waals surface area contributed by atoms with Gasteiger partial charge in [-0.05, 0) is 42.0 Å². The number of ether oxygens (including phenoxy) is 2. The van der Waals surface area contributed by atoms with Crippen LogP contribution in [0.3, 0.4) is 0 Å². The van der Waals surface area contributed by atoms with Crippen molar-refractivity contribution in [3.63, 3.8) is 0 Å². The van der Waals surface area contributed by atoms with E-state index >= 15 is 0 Å². The van der Waals surface area contributed by atoms with E-state index in [0.717, 1.165) is 39.6 Å². The van der Waals surface area contributed by atoms with E-state index in [0.29, 0.717) is 6.54 Å². The topological polar surface area (TPSA) is 49.2 Å². The number of hydrogen-bond acceptors (Lipinski definition) is 4. The lowest BCUT2D eigenvalue weighted by Gasteiger charge is -2.12. The van der Waals surface area contributed by atoms with Crippen LogP contribution >= 0.6 is 0 Å². The number of fused-ring (bicyclic) bond motifs is 1. The van der Waals surface area contributed by atoms with Crippen molar-refractivity contribution < 1.29 is 9.47 Å². The quantitative estimate of drug-likeness (QED) is 0.545. The Bertz CT molecular complexity index is 1020. The number of pyridine rings is 1. The molecule has 0 saturated heterocycles. The summed E-state index contributed by atoms with van der Waals surface area (Å²) in [6.45, 7) is 0.639. The van der Waals surface area contributed by atoms with Crippen LogP contribution in [0.4, 0.5) is 0 Å². The summed E-state index contributed by atoms with van der Waals surface area (Å²) in [6, 6.07) is 19.9. The summed E-state index contributed by atoms with van der Waals surface area (Å²) in [6.07, 6.45) is 1.79. The minimum absolute atomic E-state index is 0.639. The van der Waals surface area contributed by atoms with E-state index in [2.05, 4.69) is 15.6 Å². The van der Waals surface area contributed by atoms with Crippen LogP contribution in [0.5, 0.6) is 11.5 Å². The largest absolute Gasteiger partial charge is 0.497 e. The number of aromatic nitrogens is 3. The molecule has 26 heavy (non-hydrogen) atoms. The number of nitrogens with zero attached hydrogens (tertiary/aromatic N) is 3. The zero-order valence-electron chi connectivity index (χ0n) is 14.7. The van der Waals surface area contributed by atoms with Crippen molar-refractivity contribution in [2.24, 2.45) is 0 Å². The lowest BCUT2D eigenvalue weighted by atomic mass is 10.2. The first-order valence-corrected chi connectivity index (χ1v) is 8.37. The van der Waals surface area contributed by atoms with Crippen molar-refractivity contribution in [3.8, 4) is 23.0 Å². The fourth-order valence-electron chi connectivity index (χ4n) is 3.07. The molecular weight excluding hydrogens is 326 g/mol. The summed E-state index contributed by atoms with van der Waals surface area (Å²) in [5.41, 5.74) is 3.93. The molecule has 0 saturated carbocycles. The van der Waals surface area contributed by atoms with E-state index in [9.17, 15) is 0 Å². The molecule has 0 aliphatic carbocycles. The lowest BCUT2D eigenvalue weighted by Crippen LogP contribution is -2.04. The van der Waals surface area contributed by atoms with Crippen molar-refractivity contribution in [2.45, 2.75) is 6.54 Å². The van der Waals surface area contributed by atoms with Gasteiger partial charge in [-0.15, -0.1) is 0 Å². The normalized spacial score (nSPS) is 10.8. The molecule has 130 valence electrons. The van der Waals surface area contributed by atoms with Gasteiger partial charge in [0, 0.05) is 18.8 Å². The summed E-state index contributed by atoms with van der Waals surface area (Å²) in [7, 11) is 3.31. The van der Waals surface area contributed by atoms with Crippen molar-refractivity contribution in [1.82, 2.24) is 14.5 Å². The van der Waals surface area contributed by atoms with Gasteiger partial charge in [0.25, 0.3) is 0 Å². The van der Waals surface area contributed by atoms with Gasteiger partial charge < -0.3 is 14.0 Å². The van der Waals surface area contributed by atoms with Crippen molar-refractivity contribution in [3.05, 3.63) is 72.4 Å². The summed E-state index contributed by atoms with van der Waals surface area (Å²) < 4.78 is 13.0. The highest BCUT2D eigenvalue weighted by atomic mass is 16.5. The molecule has 0 fully saturated rings. The molecule has 2 aromatic carbocycles. The number of methoxy groups -OCH3 is 2. The first-order valence-electron chi connectivity index (χ1n) is 8.37. The molecule has 4 aromatic rings. The van der Waals surface area contributed by atoms with Gasteiger partial charge in [-0.1, -0.05) is 18.2 Å². The Balaban J connectivity index is 1.86. The minimum atomic E-state index is 0.639. The van der Waals surface area contributed by atoms with E-state index < -0.39 is 0 Å². The molecule has 0 amide bonds. The predicted octanol–water partition coefficient (Wildman–Crippen LogP) is 4.16. The monoisotopic (exact) mass is 345 g/mol. The molecule has 0 N–H and O–H groups in total. The van der Waals surface area contributed by atoms with E-state index in [1.54, 1.807) is 20.4 Å². The van der Waals surface area contributed by atoms with Crippen LogP contribution in [0.2, 0.25) is 0 Å². The van der Waals surface area contributed by atoms with Crippen LogP contribution < -0.4 is 9.47 Å². The van der Waals surface area contributed by atoms with Crippen LogP contribution in [0, 0.1) is 0 Å². The average Bonchev–Trinajstić information content (AvgIpc) is 3.07. The van der Waals surface area contributed by atoms with Gasteiger partial charge in [0.2, 0.25) is 0 Å². The highest BCUT2D eigenvalue weighted by Crippen LogP contribution is 2.27. The van der Waals surface area contributed by atoms with Gasteiger partial charge >= 0.3 is 0 Å². The summed E-state index contributed by atoms with van der Waals surface area (Å²) >= 11 is 0. The average molecular weight is 345 g/mol. The number of imidazole rings is 1. The third-order valence-electron chi connectivity index (χ3n) is 4.30. The van der Waals surface area contributed by atoms with Gasteiger partial charge in [0.05, 0.1) is 25.3 Å². The summed E-state index contributed by atoms with van der Waals surface area (Å²) in [4.78, 5) is 9.28. The van der Waals surface area contributed by atoms with Crippen molar-refractivity contribution >= 4 is 11.0 Å². The first kappa shape index (κ1) is 16.1. The Morgan fingerprint density at radius 2 is 1.62 bits per heavy atom. The van der Waals surface area contributed by atoms with Crippen LogP contribution in [0.1, 0.15) is 5.56 Å². The number of benzene rings is 2. The van der Waals surface area contributed by atoms with Crippen LogP contribution in [-0.4, -0.2) is 28.8 Å². The standard InChI is InChI=1S/C21H19N3O2/c1-25-16-11-15(12-17(13-16)26-2)14-24-20-9-4-3-7-18(20)23-21(24)19-8-5-6-10-22-19/h3-13H,14H2,1-2H3. The smallest absolute Gasteiger partial charge is 0.160 e. The lowest BCUT2D eigenvalue weighted by molar-refractivity contribution is 0.393. The Morgan fingerprint density at radius 3 is 2.31 bits per heavy atom. The van der Waals surface area contributed by atoms with Gasteiger partial charge in [0.1, 0.15) is 17.2 Å². The molecule has 5 nitrogen and oxygen atoms in total. The molecule has 5 heteroatoms. The third kappa shape index (κ3) is 2.99. The van der Waals surface area contributed by atoms with Gasteiger partial charge in [-0.25, -0.2) is 4.98 Å². The maximum atomic E-state index is 5.40. The fraction of sp³-hybridized carbons (Fsp3) is 0.143. The highest BCUT2D eigenvalue weighted by molar-refractivity contribution is 5.80. The second-order valence-corrected chi connectivity index (χ2v) is 5.95. The Morgan fingerprint density at radius 1 is 0.885 bits per heavy atom. The Labute approximate surface area is 151 Å². The fourth-order valence-corrected chi connectivity index (χ4v) is 3.07. The van der Waals surface area contributed by atoms with Crippen LogP contribution in [0.15, 0.2) is 66.9 Å². The van der Waals surface area contributed by atoms with Crippen molar-refractivity contribution in [1.29, 1.82) is 0 Å². The molecule has 0 bridgehead atoms. The zero-order chi connectivity index (χ0) is 17.9. The Hall–Kier alpha value is -3.34. The second kappa shape index (κ2) is 6.88. The molecule has 4 rings (SSSR count). The van der Waals surface area contributed by atoms with Crippen LogP contribution in [-0.2, 0) is 6.54 Å². The number of para-hydroxylation sites is 2. The number of hydrogen-bond donors (Lipinski definition) is 0.